The number of benzene rings is 3. The molecule has 8 nitrogen and oxygen atoms in total. The van der Waals surface area contributed by atoms with Crippen molar-refractivity contribution >= 4 is 45.2 Å². The molecule has 168 valence electrons. The molecule has 0 radical (unpaired) electrons. The van der Waals surface area contributed by atoms with E-state index in [1.165, 1.54) is 37.5 Å². The van der Waals surface area contributed by atoms with Crippen LogP contribution in [-0.2, 0) is 4.79 Å². The molecule has 2 amide bonds. The quantitative estimate of drug-likeness (QED) is 0.262. The third-order valence-electron chi connectivity index (χ3n) is 4.63. The molecule has 0 fully saturated rings. The Morgan fingerprint density at radius 2 is 1.70 bits per heavy atom. The number of carbonyl (C=O) groups is 2. The maximum Gasteiger partial charge on any atom is 0.272 e. The minimum absolute atomic E-state index is 0.0265. The van der Waals surface area contributed by atoms with E-state index in [0.29, 0.717) is 27.0 Å². The number of amides is 2. The number of carbonyl (C=O) groups excluding carboxylic acids is 2. The first-order valence-electron chi connectivity index (χ1n) is 9.76. The highest BCUT2D eigenvalue weighted by molar-refractivity contribution is 9.10. The third-order valence-corrected chi connectivity index (χ3v) is 5.25. The molecule has 2 N–H and O–H groups in total. The monoisotopic (exact) mass is 509 g/mol. The van der Waals surface area contributed by atoms with E-state index in [1.807, 2.05) is 19.1 Å². The lowest BCUT2D eigenvalue weighted by molar-refractivity contribution is -0.384. The number of rotatable bonds is 7. The molecule has 3 aromatic rings. The number of ether oxygens (including phenoxy) is 1. The fraction of sp³-hybridized carbons (Fsp3) is 0.0833. The van der Waals surface area contributed by atoms with Gasteiger partial charge in [0.15, 0.2) is 0 Å². The molecule has 0 bridgehead atoms. The van der Waals surface area contributed by atoms with Crippen molar-refractivity contribution in [3.05, 3.63) is 104 Å². The predicted octanol–water partition coefficient (Wildman–Crippen LogP) is 5.08. The fourth-order valence-electron chi connectivity index (χ4n) is 2.85. The van der Waals surface area contributed by atoms with Crippen LogP contribution in [0.15, 0.2) is 76.9 Å². The van der Waals surface area contributed by atoms with E-state index in [0.717, 1.165) is 5.56 Å². The number of nitrogens with zero attached hydrogens (tertiary/aromatic N) is 1. The van der Waals surface area contributed by atoms with Gasteiger partial charge in [-0.05, 0) is 77.0 Å². The molecular weight excluding hydrogens is 490 g/mol. The third kappa shape index (κ3) is 6.27. The summed E-state index contributed by atoms with van der Waals surface area (Å²) in [6, 6.07) is 17.6. The van der Waals surface area contributed by atoms with E-state index in [9.17, 15) is 19.7 Å². The van der Waals surface area contributed by atoms with Crippen molar-refractivity contribution in [2.24, 2.45) is 0 Å². The lowest BCUT2D eigenvalue weighted by atomic mass is 10.1. The topological polar surface area (TPSA) is 111 Å². The van der Waals surface area contributed by atoms with Gasteiger partial charge in [-0.2, -0.15) is 0 Å². The van der Waals surface area contributed by atoms with Crippen molar-refractivity contribution in [2.75, 3.05) is 12.4 Å². The summed E-state index contributed by atoms with van der Waals surface area (Å²) in [4.78, 5) is 36.2. The molecule has 0 saturated carbocycles. The Morgan fingerprint density at radius 1 is 1.03 bits per heavy atom. The van der Waals surface area contributed by atoms with Crippen molar-refractivity contribution in [3.8, 4) is 5.75 Å². The number of nitro benzene ring substituents is 1. The zero-order valence-electron chi connectivity index (χ0n) is 17.8. The lowest BCUT2D eigenvalue weighted by Gasteiger charge is -2.12. The van der Waals surface area contributed by atoms with Gasteiger partial charge in [-0.15, -0.1) is 0 Å². The van der Waals surface area contributed by atoms with Gasteiger partial charge in [-0.3, -0.25) is 19.7 Å². The molecule has 0 heterocycles. The van der Waals surface area contributed by atoms with Crippen molar-refractivity contribution in [1.29, 1.82) is 0 Å². The standard InChI is InChI=1S/C24H20BrN3O5/c1-15-3-8-18(9-4-15)26-24(30)21(13-16-5-10-19(11-6-16)28(31)32)27-23(29)17-7-12-22(33-2)20(25)14-17/h3-14H,1-2H3,(H,26,30)(H,27,29). The summed E-state index contributed by atoms with van der Waals surface area (Å²) >= 11 is 3.34. The summed E-state index contributed by atoms with van der Waals surface area (Å²) in [6.07, 6.45) is 1.45. The molecule has 0 aliphatic rings. The van der Waals surface area contributed by atoms with Crippen molar-refractivity contribution in [3.63, 3.8) is 0 Å². The second kappa shape index (κ2) is 10.6. The van der Waals surface area contributed by atoms with Gasteiger partial charge in [0.2, 0.25) is 0 Å². The largest absolute Gasteiger partial charge is 0.496 e. The first kappa shape index (κ1) is 23.7. The van der Waals surface area contributed by atoms with Crippen LogP contribution in [0.3, 0.4) is 0 Å². The summed E-state index contributed by atoms with van der Waals surface area (Å²) in [5, 5.41) is 16.3. The molecule has 3 aromatic carbocycles. The Bertz CT molecular complexity index is 1220. The SMILES string of the molecule is COc1ccc(C(=O)NC(=Cc2ccc([N+](=O)[O-])cc2)C(=O)Nc2ccc(C)cc2)cc1Br. The normalized spacial score (nSPS) is 10.9. The van der Waals surface area contributed by atoms with Crippen LogP contribution in [0, 0.1) is 17.0 Å². The fourth-order valence-corrected chi connectivity index (χ4v) is 3.40. The predicted molar refractivity (Wildman–Crippen MR) is 129 cm³/mol. The van der Waals surface area contributed by atoms with Crippen LogP contribution in [0.25, 0.3) is 6.08 Å². The number of hydrogen-bond donors (Lipinski definition) is 2. The van der Waals surface area contributed by atoms with E-state index < -0.39 is 16.7 Å². The van der Waals surface area contributed by atoms with E-state index in [-0.39, 0.29) is 11.4 Å². The molecule has 33 heavy (non-hydrogen) atoms. The maximum atomic E-state index is 13.0. The Balaban J connectivity index is 1.90. The van der Waals surface area contributed by atoms with Crippen LogP contribution >= 0.6 is 15.9 Å². The molecule has 0 atom stereocenters. The average molecular weight is 510 g/mol. The molecule has 0 aromatic heterocycles. The number of nitro groups is 1. The molecule has 9 heteroatoms. The summed E-state index contributed by atoms with van der Waals surface area (Å²) in [7, 11) is 1.51. The van der Waals surface area contributed by atoms with Crippen LogP contribution in [0.5, 0.6) is 5.75 Å². The van der Waals surface area contributed by atoms with Gasteiger partial charge in [0.05, 0.1) is 16.5 Å². The van der Waals surface area contributed by atoms with E-state index in [2.05, 4.69) is 26.6 Å². The van der Waals surface area contributed by atoms with Crippen LogP contribution in [0.1, 0.15) is 21.5 Å². The Kier molecular flexibility index (Phi) is 7.57. The van der Waals surface area contributed by atoms with Crippen LogP contribution in [-0.4, -0.2) is 23.8 Å². The highest BCUT2D eigenvalue weighted by atomic mass is 79.9. The minimum Gasteiger partial charge on any atom is -0.496 e. The van der Waals surface area contributed by atoms with Gasteiger partial charge >= 0.3 is 0 Å². The smallest absolute Gasteiger partial charge is 0.272 e. The van der Waals surface area contributed by atoms with Gasteiger partial charge in [-0.1, -0.05) is 17.7 Å². The number of anilines is 1. The molecule has 3 rings (SSSR count). The summed E-state index contributed by atoms with van der Waals surface area (Å²) in [6.45, 7) is 1.93. The molecule has 0 saturated heterocycles. The second-order valence-electron chi connectivity index (χ2n) is 7.03. The number of aryl methyl sites for hydroxylation is 1. The number of non-ortho nitro benzene ring substituents is 1. The zero-order chi connectivity index (χ0) is 24.0. The Labute approximate surface area is 198 Å². The van der Waals surface area contributed by atoms with Gasteiger partial charge in [0, 0.05) is 23.4 Å². The Morgan fingerprint density at radius 3 is 2.27 bits per heavy atom. The molecular formula is C24H20BrN3O5. The van der Waals surface area contributed by atoms with Crippen LogP contribution in [0.2, 0.25) is 0 Å². The summed E-state index contributed by atoms with van der Waals surface area (Å²) in [5.74, 6) is -0.492. The van der Waals surface area contributed by atoms with Crippen LogP contribution < -0.4 is 15.4 Å². The average Bonchev–Trinajstić information content (AvgIpc) is 2.80. The number of hydrogen-bond acceptors (Lipinski definition) is 5. The van der Waals surface area contributed by atoms with Gasteiger partial charge in [0.25, 0.3) is 17.5 Å². The van der Waals surface area contributed by atoms with Gasteiger partial charge in [0.1, 0.15) is 11.4 Å². The first-order valence-corrected chi connectivity index (χ1v) is 10.5. The van der Waals surface area contributed by atoms with Gasteiger partial charge < -0.3 is 15.4 Å². The van der Waals surface area contributed by atoms with E-state index in [1.54, 1.807) is 30.3 Å². The number of halogens is 1. The molecule has 0 aliphatic heterocycles. The molecule has 0 aliphatic carbocycles. The maximum absolute atomic E-state index is 13.0. The second-order valence-corrected chi connectivity index (χ2v) is 7.88. The highest BCUT2D eigenvalue weighted by Gasteiger charge is 2.16. The number of nitrogens with one attached hydrogen (secondary N) is 2. The van der Waals surface area contributed by atoms with Crippen molar-refractivity contribution in [1.82, 2.24) is 5.32 Å². The van der Waals surface area contributed by atoms with Crippen molar-refractivity contribution in [2.45, 2.75) is 6.92 Å². The Hall–Kier alpha value is -3.98. The minimum atomic E-state index is -0.543. The zero-order valence-corrected chi connectivity index (χ0v) is 19.4. The van der Waals surface area contributed by atoms with E-state index in [4.69, 9.17) is 4.74 Å². The van der Waals surface area contributed by atoms with Crippen molar-refractivity contribution < 1.29 is 19.2 Å². The van der Waals surface area contributed by atoms with E-state index >= 15 is 0 Å². The summed E-state index contributed by atoms with van der Waals surface area (Å²) < 4.78 is 5.76. The lowest BCUT2D eigenvalue weighted by Crippen LogP contribution is -2.30. The number of methoxy groups -OCH3 is 1. The highest BCUT2D eigenvalue weighted by Crippen LogP contribution is 2.25. The first-order chi connectivity index (χ1) is 15.8. The molecule has 0 unspecified atom stereocenters. The van der Waals surface area contributed by atoms with Gasteiger partial charge in [-0.25, -0.2) is 0 Å². The van der Waals surface area contributed by atoms with Crippen LogP contribution in [0.4, 0.5) is 11.4 Å². The molecule has 0 spiro atoms. The summed E-state index contributed by atoms with van der Waals surface area (Å²) in [5.41, 5.74) is 2.30.